The number of carbonyl (C=O) groups excluding carboxylic acids is 2. The zero-order valence-electron chi connectivity index (χ0n) is 27.5. The van der Waals surface area contributed by atoms with E-state index in [4.69, 9.17) is 9.47 Å². The van der Waals surface area contributed by atoms with Crippen molar-refractivity contribution in [3.8, 4) is 11.5 Å². The lowest BCUT2D eigenvalue weighted by Crippen LogP contribution is -2.54. The molecule has 0 spiro atoms. The second-order valence-electron chi connectivity index (χ2n) is 12.1. The van der Waals surface area contributed by atoms with Crippen molar-refractivity contribution in [2.45, 2.75) is 57.3 Å². The standard InChI is InChI=1S/C38H43N3O6S/c1-46-35-19-11-16-31(24-35)26-40(36(25-29-12-5-3-6-13-29)38(43)39-32-17-9-10-18-32)37(42)27-41(48(2,44)45)33-20-22-34(23-21-33)47-28-30-14-7-4-8-15-30/h3-8,11-16,19-24,32,36H,9-10,17-18,25-28H2,1-2H3,(H,39,43)/t36-/m1/s1. The maximum atomic E-state index is 14.4. The van der Waals surface area contributed by atoms with Crippen molar-refractivity contribution in [2.24, 2.45) is 0 Å². The number of methoxy groups -OCH3 is 1. The molecule has 0 bridgehead atoms. The van der Waals surface area contributed by atoms with Gasteiger partial charge in [0.05, 0.1) is 19.1 Å². The minimum absolute atomic E-state index is 0.0414. The van der Waals surface area contributed by atoms with Crippen molar-refractivity contribution in [2.75, 3.05) is 24.2 Å². The zero-order chi connectivity index (χ0) is 33.9. The molecule has 48 heavy (non-hydrogen) atoms. The van der Waals surface area contributed by atoms with Crippen molar-refractivity contribution < 1.29 is 27.5 Å². The fraction of sp³-hybridized carbons (Fsp3) is 0.316. The Morgan fingerprint density at radius 2 is 1.44 bits per heavy atom. The van der Waals surface area contributed by atoms with E-state index < -0.39 is 28.5 Å². The first-order chi connectivity index (χ1) is 23.2. The summed E-state index contributed by atoms with van der Waals surface area (Å²) in [7, 11) is -2.33. The van der Waals surface area contributed by atoms with Gasteiger partial charge in [-0.3, -0.25) is 13.9 Å². The normalized spacial score (nSPS) is 13.8. The summed E-state index contributed by atoms with van der Waals surface area (Å²) in [6, 6.07) is 32.3. The Labute approximate surface area is 283 Å². The van der Waals surface area contributed by atoms with E-state index >= 15 is 0 Å². The van der Waals surface area contributed by atoms with Gasteiger partial charge in [-0.2, -0.15) is 0 Å². The van der Waals surface area contributed by atoms with Crippen LogP contribution in [-0.2, 0) is 39.2 Å². The van der Waals surface area contributed by atoms with Crippen LogP contribution in [0.4, 0.5) is 5.69 Å². The fourth-order valence-corrected chi connectivity index (χ4v) is 6.80. The van der Waals surface area contributed by atoms with Gasteiger partial charge >= 0.3 is 0 Å². The number of nitrogens with one attached hydrogen (secondary N) is 1. The van der Waals surface area contributed by atoms with Crippen LogP contribution in [0.3, 0.4) is 0 Å². The Morgan fingerprint density at radius 1 is 0.812 bits per heavy atom. The van der Waals surface area contributed by atoms with Crippen LogP contribution < -0.4 is 19.1 Å². The summed E-state index contributed by atoms with van der Waals surface area (Å²) >= 11 is 0. The average molecular weight is 670 g/mol. The lowest BCUT2D eigenvalue weighted by molar-refractivity contribution is -0.140. The van der Waals surface area contributed by atoms with E-state index in [2.05, 4.69) is 5.32 Å². The van der Waals surface area contributed by atoms with Crippen molar-refractivity contribution in [1.29, 1.82) is 0 Å². The van der Waals surface area contributed by atoms with Gasteiger partial charge in [0.15, 0.2) is 0 Å². The van der Waals surface area contributed by atoms with Crippen molar-refractivity contribution >= 4 is 27.5 Å². The van der Waals surface area contributed by atoms with Crippen LogP contribution in [0.15, 0.2) is 109 Å². The first kappa shape index (κ1) is 34.5. The molecule has 252 valence electrons. The Morgan fingerprint density at radius 3 is 2.06 bits per heavy atom. The smallest absolute Gasteiger partial charge is 0.244 e. The molecule has 10 heteroatoms. The number of benzene rings is 4. The molecule has 0 saturated heterocycles. The number of rotatable bonds is 15. The topological polar surface area (TPSA) is 105 Å². The molecule has 1 aliphatic rings. The predicted octanol–water partition coefficient (Wildman–Crippen LogP) is 5.74. The molecule has 0 aliphatic heterocycles. The molecular weight excluding hydrogens is 627 g/mol. The highest BCUT2D eigenvalue weighted by atomic mass is 32.2. The van der Waals surface area contributed by atoms with E-state index in [0.29, 0.717) is 23.8 Å². The van der Waals surface area contributed by atoms with Crippen molar-refractivity contribution in [3.63, 3.8) is 0 Å². The van der Waals surface area contributed by atoms with Crippen LogP contribution >= 0.6 is 0 Å². The van der Waals surface area contributed by atoms with Gasteiger partial charge in [0.25, 0.3) is 0 Å². The summed E-state index contributed by atoms with van der Waals surface area (Å²) < 4.78 is 38.7. The van der Waals surface area contributed by atoms with E-state index in [9.17, 15) is 18.0 Å². The minimum Gasteiger partial charge on any atom is -0.497 e. The summed E-state index contributed by atoms with van der Waals surface area (Å²) in [4.78, 5) is 30.0. The Balaban J connectivity index is 1.44. The van der Waals surface area contributed by atoms with E-state index in [-0.39, 0.29) is 24.9 Å². The second kappa shape index (κ2) is 16.3. The molecule has 1 saturated carbocycles. The molecule has 4 aromatic carbocycles. The largest absolute Gasteiger partial charge is 0.497 e. The highest BCUT2D eigenvalue weighted by molar-refractivity contribution is 7.92. The van der Waals surface area contributed by atoms with E-state index in [1.54, 1.807) is 31.4 Å². The van der Waals surface area contributed by atoms with Gasteiger partial charge in [0.2, 0.25) is 21.8 Å². The zero-order valence-corrected chi connectivity index (χ0v) is 28.3. The number of sulfonamides is 1. The van der Waals surface area contributed by atoms with Gasteiger partial charge in [0, 0.05) is 19.0 Å². The summed E-state index contributed by atoms with van der Waals surface area (Å²) in [6.07, 6.45) is 5.20. The van der Waals surface area contributed by atoms with E-state index in [1.807, 2.05) is 84.9 Å². The summed E-state index contributed by atoms with van der Waals surface area (Å²) in [5.74, 6) is 0.416. The average Bonchev–Trinajstić information content (AvgIpc) is 3.61. The molecule has 1 N–H and O–H groups in total. The van der Waals surface area contributed by atoms with Gasteiger partial charge in [-0.05, 0) is 65.9 Å². The Hall–Kier alpha value is -4.83. The van der Waals surface area contributed by atoms with E-state index in [1.165, 1.54) is 4.90 Å². The highest BCUT2D eigenvalue weighted by Gasteiger charge is 2.34. The van der Waals surface area contributed by atoms with Crippen LogP contribution in [0.2, 0.25) is 0 Å². The van der Waals surface area contributed by atoms with E-state index in [0.717, 1.165) is 52.9 Å². The summed E-state index contributed by atoms with van der Waals surface area (Å²) in [5.41, 5.74) is 2.95. The van der Waals surface area contributed by atoms with Crippen LogP contribution in [0.1, 0.15) is 42.4 Å². The summed E-state index contributed by atoms with van der Waals surface area (Å²) in [6.45, 7) is -0.0517. The van der Waals surface area contributed by atoms with Crippen LogP contribution in [-0.4, -0.2) is 57.1 Å². The number of carbonyl (C=O) groups is 2. The first-order valence-corrected chi connectivity index (χ1v) is 18.1. The van der Waals surface area contributed by atoms with Crippen molar-refractivity contribution in [1.82, 2.24) is 10.2 Å². The third-order valence-corrected chi connectivity index (χ3v) is 9.65. The van der Waals surface area contributed by atoms with Crippen LogP contribution in [0, 0.1) is 0 Å². The second-order valence-corrected chi connectivity index (χ2v) is 14.0. The number of anilines is 1. The first-order valence-electron chi connectivity index (χ1n) is 16.2. The molecule has 9 nitrogen and oxygen atoms in total. The summed E-state index contributed by atoms with van der Waals surface area (Å²) in [5, 5.41) is 3.18. The quantitative estimate of drug-likeness (QED) is 0.173. The lowest BCUT2D eigenvalue weighted by Gasteiger charge is -2.34. The molecule has 0 unspecified atom stereocenters. The molecule has 0 heterocycles. The number of hydrogen-bond acceptors (Lipinski definition) is 6. The molecule has 1 aliphatic carbocycles. The lowest BCUT2D eigenvalue weighted by atomic mass is 10.0. The highest BCUT2D eigenvalue weighted by Crippen LogP contribution is 2.25. The monoisotopic (exact) mass is 669 g/mol. The van der Waals surface area contributed by atoms with Gasteiger partial charge in [-0.25, -0.2) is 8.42 Å². The third-order valence-electron chi connectivity index (χ3n) is 8.51. The maximum Gasteiger partial charge on any atom is 0.244 e. The predicted molar refractivity (Wildman–Crippen MR) is 187 cm³/mol. The molecule has 1 fully saturated rings. The molecule has 1 atom stereocenters. The number of amides is 2. The maximum absolute atomic E-state index is 14.4. The van der Waals surface area contributed by atoms with Crippen LogP contribution in [0.5, 0.6) is 11.5 Å². The third kappa shape index (κ3) is 9.60. The van der Waals surface area contributed by atoms with Crippen molar-refractivity contribution in [3.05, 3.63) is 126 Å². The molecule has 0 aromatic heterocycles. The fourth-order valence-electron chi connectivity index (χ4n) is 5.95. The molecule has 2 amide bonds. The molecular formula is C38H43N3O6S. The van der Waals surface area contributed by atoms with Gasteiger partial charge < -0.3 is 19.7 Å². The van der Waals surface area contributed by atoms with Gasteiger partial charge in [-0.1, -0.05) is 85.6 Å². The van der Waals surface area contributed by atoms with Crippen LogP contribution in [0.25, 0.3) is 0 Å². The minimum atomic E-state index is -3.90. The van der Waals surface area contributed by atoms with Gasteiger partial charge in [-0.15, -0.1) is 0 Å². The molecule has 4 aromatic rings. The molecule has 0 radical (unpaired) electrons. The number of hydrogen-bond donors (Lipinski definition) is 1. The SMILES string of the molecule is COc1cccc(CN(C(=O)CN(c2ccc(OCc3ccccc3)cc2)S(C)(=O)=O)[C@H](Cc2ccccc2)C(=O)NC2CCCC2)c1. The Kier molecular flexibility index (Phi) is 11.7. The Bertz CT molecular complexity index is 1740. The number of nitrogens with zero attached hydrogens (tertiary/aromatic N) is 2. The molecule has 5 rings (SSSR count). The van der Waals surface area contributed by atoms with Gasteiger partial charge in [0.1, 0.15) is 30.7 Å². The number of ether oxygens (including phenoxy) is 2.